The smallest absolute Gasteiger partial charge is 0.259 e. The van der Waals surface area contributed by atoms with E-state index >= 15 is 0 Å². The average molecular weight is 1040 g/mol. The van der Waals surface area contributed by atoms with Gasteiger partial charge in [0.2, 0.25) is 11.8 Å². The first-order valence-electron chi connectivity index (χ1n) is 25.2. The highest BCUT2D eigenvalue weighted by molar-refractivity contribution is 7.13. The molecule has 3 aromatic heterocycles. The predicted molar refractivity (Wildman–Crippen MR) is 279 cm³/mol. The number of amides is 3. The second kappa shape index (κ2) is 23.7. The third-order valence-electron chi connectivity index (χ3n) is 14.0. The number of likely N-dealkylation sites (tertiary alicyclic amines) is 1. The van der Waals surface area contributed by atoms with Gasteiger partial charge in [0.1, 0.15) is 35.9 Å². The summed E-state index contributed by atoms with van der Waals surface area (Å²) in [5, 5.41) is 17.5. The Morgan fingerprint density at radius 3 is 2.31 bits per heavy atom. The van der Waals surface area contributed by atoms with E-state index in [2.05, 4.69) is 30.4 Å². The molecule has 18 nitrogen and oxygen atoms in total. The number of hydrogen-bond acceptors (Lipinski definition) is 15. The molecule has 74 heavy (non-hydrogen) atoms. The van der Waals surface area contributed by atoms with Gasteiger partial charge in [-0.25, -0.2) is 9.37 Å². The van der Waals surface area contributed by atoms with Crippen LogP contribution in [-0.4, -0.2) is 162 Å². The van der Waals surface area contributed by atoms with Crippen molar-refractivity contribution in [3.8, 4) is 38.8 Å². The Morgan fingerprint density at radius 2 is 1.62 bits per heavy atom. The third-order valence-corrected chi connectivity index (χ3v) is 15.0. The van der Waals surface area contributed by atoms with Crippen molar-refractivity contribution in [2.75, 3.05) is 86.5 Å². The van der Waals surface area contributed by atoms with E-state index in [1.54, 1.807) is 64.5 Å². The molecule has 398 valence electrons. The summed E-state index contributed by atoms with van der Waals surface area (Å²) in [6.07, 6.45) is 4.39. The lowest BCUT2D eigenvalue weighted by atomic mass is 9.85. The minimum absolute atomic E-state index is 0.0184. The molecule has 5 heterocycles. The highest BCUT2D eigenvalue weighted by Crippen LogP contribution is 2.41. The molecule has 0 radical (unpaired) electrons. The minimum atomic E-state index is -1.98. The number of fused-ring (bicyclic) bond motifs is 1. The zero-order valence-corrected chi connectivity index (χ0v) is 44.2. The summed E-state index contributed by atoms with van der Waals surface area (Å²) in [5.74, 6) is 0.148. The van der Waals surface area contributed by atoms with Gasteiger partial charge in [-0.15, -0.1) is 11.3 Å². The predicted octanol–water partition coefficient (Wildman–Crippen LogP) is 4.89. The molecule has 5 aromatic rings. The van der Waals surface area contributed by atoms with Crippen LogP contribution in [0.3, 0.4) is 0 Å². The summed E-state index contributed by atoms with van der Waals surface area (Å²) in [6, 6.07) is 9.52. The fourth-order valence-corrected chi connectivity index (χ4v) is 10.3. The Labute approximate surface area is 435 Å². The van der Waals surface area contributed by atoms with Crippen molar-refractivity contribution >= 4 is 39.8 Å². The highest BCUT2D eigenvalue weighted by Gasteiger charge is 2.53. The molecule has 1 aliphatic carbocycles. The van der Waals surface area contributed by atoms with Crippen LogP contribution in [0.2, 0.25) is 0 Å². The van der Waals surface area contributed by atoms with Crippen molar-refractivity contribution in [2.45, 2.75) is 83.9 Å². The van der Waals surface area contributed by atoms with Crippen molar-refractivity contribution in [3.63, 3.8) is 0 Å². The number of rotatable bonds is 22. The van der Waals surface area contributed by atoms with E-state index in [4.69, 9.17) is 23.7 Å². The number of pyridine rings is 2. The number of methoxy groups -OCH3 is 2. The second-order valence-electron chi connectivity index (χ2n) is 20.4. The van der Waals surface area contributed by atoms with Gasteiger partial charge in [-0.1, -0.05) is 32.9 Å². The number of aryl methyl sites for hydroxylation is 2. The van der Waals surface area contributed by atoms with Crippen LogP contribution in [0.15, 0.2) is 65.3 Å². The number of carbonyl (C=O) groups excluding carboxylic acids is 3. The SMILES string of the molecule is COc1cc(-c2cn(C)c(=O)c3cnccc23)c(OC)cc1CN1CCN(CCOCCOCCOc2cc(-c3scnc3C)ccc2CNC(=O)C2CC(O)CN2C(=O)C(NC(=O)C2(F)CC2)C(C)(C)C)CC1. The van der Waals surface area contributed by atoms with Crippen LogP contribution in [0, 0.1) is 12.3 Å². The first-order chi connectivity index (χ1) is 35.5. The number of alkyl halides is 1. The Hall–Kier alpha value is -6.03. The number of benzene rings is 2. The molecule has 3 fully saturated rings. The number of hydrogen-bond donors (Lipinski definition) is 3. The summed E-state index contributed by atoms with van der Waals surface area (Å²) < 4.78 is 46.1. The molecule has 3 N–H and O–H groups in total. The van der Waals surface area contributed by atoms with Crippen molar-refractivity contribution in [2.24, 2.45) is 12.5 Å². The maximum atomic E-state index is 14.7. The number of carbonyl (C=O) groups is 3. The van der Waals surface area contributed by atoms with Gasteiger partial charge in [0.05, 0.1) is 68.2 Å². The quantitative estimate of drug-likeness (QED) is 0.0792. The van der Waals surface area contributed by atoms with Gasteiger partial charge in [-0.3, -0.25) is 34.0 Å². The zero-order valence-electron chi connectivity index (χ0n) is 43.4. The number of aliphatic hydroxyl groups is 1. The number of nitrogens with zero attached hydrogens (tertiary/aromatic N) is 6. The van der Waals surface area contributed by atoms with Gasteiger partial charge in [-0.05, 0) is 60.4 Å². The fraction of sp³-hybridized carbons (Fsp3) is 0.519. The minimum Gasteiger partial charge on any atom is -0.496 e. The summed E-state index contributed by atoms with van der Waals surface area (Å²) in [6.45, 7) is 14.2. The summed E-state index contributed by atoms with van der Waals surface area (Å²) in [4.78, 5) is 68.9. The molecule has 3 amide bonds. The van der Waals surface area contributed by atoms with E-state index in [9.17, 15) is 28.7 Å². The number of nitrogens with one attached hydrogen (secondary N) is 2. The molecular weight excluding hydrogens is 972 g/mol. The maximum Gasteiger partial charge on any atom is 0.259 e. The lowest BCUT2D eigenvalue weighted by Gasteiger charge is -2.35. The molecule has 1 saturated carbocycles. The number of β-amino-alcohol motifs (C(OH)–C–C–N with tert-alkyl or cyclic N) is 1. The molecule has 8 rings (SSSR count). The first kappa shape index (κ1) is 54.2. The molecule has 20 heteroatoms. The van der Waals surface area contributed by atoms with Crippen LogP contribution in [-0.2, 0) is 44.0 Å². The van der Waals surface area contributed by atoms with Crippen molar-refractivity contribution < 1.29 is 47.6 Å². The second-order valence-corrected chi connectivity index (χ2v) is 21.2. The standard InChI is InChI=1S/C54H69FN8O10S/c1-34-47(74-33-58-34)35-8-9-36(28-57-49(65)43-26-38(64)31-63(43)51(67)48(53(2,3)4)59-52(68)54(55)11-12-54)45(24-35)73-23-22-72-21-20-71-19-18-61-14-16-62(17-15-61)30-37-25-46(70-7)40(27-44(37)69-6)42-32-60(5)50(66)41-29-56-13-10-39(41)42/h8-10,13,24-25,27,29,32-33,38,43,48,64H,11-12,14-23,26,28,30-31H2,1-7H3,(H,57,65)(H,59,68). The van der Waals surface area contributed by atoms with Crippen LogP contribution in [0.4, 0.5) is 4.39 Å². The lowest BCUT2D eigenvalue weighted by Crippen LogP contribution is -2.59. The zero-order chi connectivity index (χ0) is 52.7. The molecule has 2 aromatic carbocycles. The molecule has 0 spiro atoms. The summed E-state index contributed by atoms with van der Waals surface area (Å²) in [7, 11) is 5.06. The third kappa shape index (κ3) is 12.7. The van der Waals surface area contributed by atoms with Crippen LogP contribution in [0.5, 0.6) is 17.2 Å². The number of ether oxygens (including phenoxy) is 5. The fourth-order valence-electron chi connectivity index (χ4n) is 9.53. The van der Waals surface area contributed by atoms with Crippen LogP contribution in [0.1, 0.15) is 56.9 Å². The van der Waals surface area contributed by atoms with Crippen LogP contribution < -0.4 is 30.4 Å². The van der Waals surface area contributed by atoms with E-state index < -0.39 is 47.0 Å². The number of thiazole rings is 1. The largest absolute Gasteiger partial charge is 0.496 e. The normalized spacial score (nSPS) is 18.3. The summed E-state index contributed by atoms with van der Waals surface area (Å²) >= 11 is 1.52. The molecular formula is C54H69FN8O10S. The van der Waals surface area contributed by atoms with Gasteiger partial charge in [0.15, 0.2) is 5.67 Å². The van der Waals surface area contributed by atoms with E-state index in [1.165, 1.54) is 16.2 Å². The van der Waals surface area contributed by atoms with E-state index in [-0.39, 0.29) is 44.5 Å². The number of halogens is 1. The van der Waals surface area contributed by atoms with E-state index in [0.717, 1.165) is 76.7 Å². The number of piperazine rings is 1. The van der Waals surface area contributed by atoms with Crippen molar-refractivity contribution in [1.82, 2.24) is 39.9 Å². The van der Waals surface area contributed by atoms with Gasteiger partial charge in [0.25, 0.3) is 11.5 Å². The Balaban J connectivity index is 0.777. The Morgan fingerprint density at radius 1 is 0.905 bits per heavy atom. The number of aliphatic hydroxyl groups excluding tert-OH is 1. The van der Waals surface area contributed by atoms with E-state index in [1.807, 2.05) is 49.5 Å². The first-order valence-corrected chi connectivity index (χ1v) is 26.1. The molecule has 3 atom stereocenters. The van der Waals surface area contributed by atoms with Crippen LogP contribution >= 0.6 is 11.3 Å². The monoisotopic (exact) mass is 1040 g/mol. The molecule has 3 unspecified atom stereocenters. The van der Waals surface area contributed by atoms with Gasteiger partial charge in [-0.2, -0.15) is 0 Å². The molecule has 2 saturated heterocycles. The summed E-state index contributed by atoms with van der Waals surface area (Å²) in [5.41, 5.74) is 4.11. The highest BCUT2D eigenvalue weighted by atomic mass is 32.1. The van der Waals surface area contributed by atoms with Gasteiger partial charge in [0, 0.05) is 107 Å². The van der Waals surface area contributed by atoms with Crippen molar-refractivity contribution in [3.05, 3.63) is 87.7 Å². The lowest BCUT2D eigenvalue weighted by molar-refractivity contribution is -0.145. The molecule has 3 aliphatic rings. The van der Waals surface area contributed by atoms with E-state index in [0.29, 0.717) is 55.4 Å². The average Bonchev–Trinajstić information content (AvgIpc) is 3.80. The number of aromatic nitrogens is 3. The Kier molecular flexibility index (Phi) is 17.3. The molecule has 2 aliphatic heterocycles. The van der Waals surface area contributed by atoms with Crippen molar-refractivity contribution in [1.29, 1.82) is 0 Å². The maximum absolute atomic E-state index is 14.7. The van der Waals surface area contributed by atoms with Gasteiger partial charge >= 0.3 is 0 Å². The van der Waals surface area contributed by atoms with Crippen LogP contribution in [0.25, 0.3) is 32.3 Å². The van der Waals surface area contributed by atoms with Gasteiger partial charge < -0.3 is 48.9 Å². The Bertz CT molecular complexity index is 2860. The molecule has 0 bridgehead atoms. The topological polar surface area (TPSA) is 199 Å².